The van der Waals surface area contributed by atoms with Crippen LogP contribution in [0.15, 0.2) is 103 Å². The van der Waals surface area contributed by atoms with Crippen molar-refractivity contribution in [2.24, 2.45) is 0 Å². The molecule has 0 N–H and O–H groups in total. The Morgan fingerprint density at radius 3 is 1.12 bits per heavy atom. The molecule has 32 heavy (non-hydrogen) atoms. The Balaban J connectivity index is 1.86. The van der Waals surface area contributed by atoms with Gasteiger partial charge < -0.3 is 0 Å². The quantitative estimate of drug-likeness (QED) is 0.234. The molecule has 0 nitrogen and oxygen atoms in total. The van der Waals surface area contributed by atoms with Gasteiger partial charge >= 0.3 is 0 Å². The summed E-state index contributed by atoms with van der Waals surface area (Å²) in [5, 5.41) is 2.16. The Hall–Kier alpha value is -2.55. The summed E-state index contributed by atoms with van der Waals surface area (Å²) >= 11 is 20.4. The lowest BCUT2D eigenvalue weighted by molar-refractivity contribution is 1.61. The van der Waals surface area contributed by atoms with Gasteiger partial charge in [0.1, 0.15) is 0 Å². The third-order valence-corrected chi connectivity index (χ3v) is 7.36. The molecule has 0 bridgehead atoms. The molecule has 1 aromatic heterocycles. The molecular weight excluding hydrogens is 475 g/mol. The third-order valence-electron chi connectivity index (χ3n) is 5.32. The standard InChI is InChI=1S/C28H17Cl3S/c29-22-12-6-19(7-13-22)26-25(18-4-2-1-3-5-18)27(20-8-14-23(30)15-9-20)32-28(26)21-10-16-24(31)17-11-21/h1-17H. The first kappa shape index (κ1) is 21.3. The van der Waals surface area contributed by atoms with Crippen LogP contribution in [0, 0.1) is 0 Å². The van der Waals surface area contributed by atoms with Crippen LogP contribution in [0.5, 0.6) is 0 Å². The van der Waals surface area contributed by atoms with Crippen LogP contribution >= 0.6 is 46.1 Å². The summed E-state index contributed by atoms with van der Waals surface area (Å²) in [6.45, 7) is 0. The van der Waals surface area contributed by atoms with Gasteiger partial charge in [-0.1, -0.05) is 102 Å². The van der Waals surface area contributed by atoms with Gasteiger partial charge in [0, 0.05) is 35.9 Å². The molecule has 5 aromatic rings. The molecule has 0 aliphatic carbocycles. The van der Waals surface area contributed by atoms with Gasteiger partial charge in [-0.2, -0.15) is 0 Å². The van der Waals surface area contributed by atoms with E-state index in [2.05, 4.69) is 60.7 Å². The molecule has 1 heterocycles. The highest BCUT2D eigenvalue weighted by Crippen LogP contribution is 2.52. The topological polar surface area (TPSA) is 0 Å². The molecule has 4 aromatic carbocycles. The first-order chi connectivity index (χ1) is 15.6. The van der Waals surface area contributed by atoms with Crippen LogP contribution in [0.25, 0.3) is 43.1 Å². The number of hydrogen-bond donors (Lipinski definition) is 0. The molecule has 156 valence electrons. The lowest BCUT2D eigenvalue weighted by Crippen LogP contribution is -1.86. The van der Waals surface area contributed by atoms with Crippen LogP contribution in [0.4, 0.5) is 0 Å². The minimum atomic E-state index is 0.719. The van der Waals surface area contributed by atoms with E-state index in [1.54, 1.807) is 11.3 Å². The Bertz CT molecular complexity index is 1350. The van der Waals surface area contributed by atoms with Gasteiger partial charge in [0.25, 0.3) is 0 Å². The smallest absolute Gasteiger partial charge is 0.0434 e. The highest BCUT2D eigenvalue weighted by atomic mass is 35.5. The van der Waals surface area contributed by atoms with Crippen molar-refractivity contribution >= 4 is 46.1 Å². The van der Waals surface area contributed by atoms with Gasteiger partial charge in [0.2, 0.25) is 0 Å². The Labute approximate surface area is 206 Å². The van der Waals surface area contributed by atoms with Crippen LogP contribution in [-0.4, -0.2) is 0 Å². The van der Waals surface area contributed by atoms with Crippen molar-refractivity contribution in [1.29, 1.82) is 0 Å². The molecule has 0 aliphatic rings. The number of hydrogen-bond acceptors (Lipinski definition) is 1. The number of thiophene rings is 1. The van der Waals surface area contributed by atoms with E-state index in [9.17, 15) is 0 Å². The van der Waals surface area contributed by atoms with Gasteiger partial charge in [0.15, 0.2) is 0 Å². The van der Waals surface area contributed by atoms with Crippen molar-refractivity contribution in [2.45, 2.75) is 0 Å². The molecular formula is C28H17Cl3S. The van der Waals surface area contributed by atoms with Gasteiger partial charge in [-0.3, -0.25) is 0 Å². The summed E-state index contributed by atoms with van der Waals surface area (Å²) in [6, 6.07) is 34.6. The van der Waals surface area contributed by atoms with Gasteiger partial charge in [-0.05, 0) is 58.7 Å². The van der Waals surface area contributed by atoms with Crippen molar-refractivity contribution in [3.63, 3.8) is 0 Å². The molecule has 0 unspecified atom stereocenters. The zero-order chi connectivity index (χ0) is 22.1. The zero-order valence-corrected chi connectivity index (χ0v) is 19.9. The summed E-state index contributed by atoms with van der Waals surface area (Å²) < 4.78 is 0. The summed E-state index contributed by atoms with van der Waals surface area (Å²) in [5.74, 6) is 0. The fraction of sp³-hybridized carbons (Fsp3) is 0. The average molecular weight is 492 g/mol. The Morgan fingerprint density at radius 2 is 0.719 bits per heavy atom. The van der Waals surface area contributed by atoms with Crippen molar-refractivity contribution in [3.8, 4) is 43.1 Å². The summed E-state index contributed by atoms with van der Waals surface area (Å²) in [4.78, 5) is 2.38. The van der Waals surface area contributed by atoms with E-state index in [0.717, 1.165) is 31.8 Å². The average Bonchev–Trinajstić information content (AvgIpc) is 3.22. The summed E-state index contributed by atoms with van der Waals surface area (Å²) in [7, 11) is 0. The van der Waals surface area contributed by atoms with Crippen LogP contribution in [-0.2, 0) is 0 Å². The van der Waals surface area contributed by atoms with Crippen LogP contribution in [0.1, 0.15) is 0 Å². The molecule has 0 atom stereocenters. The van der Waals surface area contributed by atoms with Crippen LogP contribution in [0.3, 0.4) is 0 Å². The minimum absolute atomic E-state index is 0.719. The molecule has 0 radical (unpaired) electrons. The van der Waals surface area contributed by atoms with Crippen molar-refractivity contribution in [1.82, 2.24) is 0 Å². The number of benzene rings is 4. The van der Waals surface area contributed by atoms with Crippen molar-refractivity contribution in [2.75, 3.05) is 0 Å². The molecule has 0 aliphatic heterocycles. The number of rotatable bonds is 4. The van der Waals surface area contributed by atoms with Gasteiger partial charge in [-0.15, -0.1) is 11.3 Å². The van der Waals surface area contributed by atoms with E-state index in [4.69, 9.17) is 34.8 Å². The molecule has 0 saturated heterocycles. The predicted molar refractivity (Wildman–Crippen MR) is 141 cm³/mol. The van der Waals surface area contributed by atoms with Crippen molar-refractivity contribution in [3.05, 3.63) is 118 Å². The van der Waals surface area contributed by atoms with E-state index in [0.29, 0.717) is 0 Å². The SMILES string of the molecule is Clc1ccc(-c2sc(-c3ccc(Cl)cc3)c(-c3ccc(Cl)cc3)c2-c2ccccc2)cc1. The second-order valence-corrected chi connectivity index (χ2v) is 9.73. The Kier molecular flexibility index (Phi) is 6.08. The van der Waals surface area contributed by atoms with E-state index in [1.165, 1.54) is 26.4 Å². The maximum Gasteiger partial charge on any atom is 0.0434 e. The van der Waals surface area contributed by atoms with Crippen molar-refractivity contribution < 1.29 is 0 Å². The second-order valence-electron chi connectivity index (χ2n) is 7.40. The molecule has 0 spiro atoms. The maximum absolute atomic E-state index is 6.22. The first-order valence-electron chi connectivity index (χ1n) is 10.1. The largest absolute Gasteiger partial charge is 0.134 e. The molecule has 0 saturated carbocycles. The third kappa shape index (κ3) is 4.22. The lowest BCUT2D eigenvalue weighted by atomic mass is 9.91. The van der Waals surface area contributed by atoms with Crippen LogP contribution < -0.4 is 0 Å². The first-order valence-corrected chi connectivity index (χ1v) is 12.1. The lowest BCUT2D eigenvalue weighted by Gasteiger charge is -2.11. The van der Waals surface area contributed by atoms with E-state index in [-0.39, 0.29) is 0 Å². The van der Waals surface area contributed by atoms with Gasteiger partial charge in [-0.25, -0.2) is 0 Å². The summed E-state index contributed by atoms with van der Waals surface area (Å²) in [6.07, 6.45) is 0. The van der Waals surface area contributed by atoms with Crippen LogP contribution in [0.2, 0.25) is 15.1 Å². The highest BCUT2D eigenvalue weighted by molar-refractivity contribution is 7.20. The fourth-order valence-electron chi connectivity index (χ4n) is 3.81. The Morgan fingerprint density at radius 1 is 0.375 bits per heavy atom. The maximum atomic E-state index is 6.22. The molecule has 0 amide bonds. The minimum Gasteiger partial charge on any atom is -0.134 e. The predicted octanol–water partition coefficient (Wildman–Crippen LogP) is 10.4. The van der Waals surface area contributed by atoms with E-state index >= 15 is 0 Å². The van der Waals surface area contributed by atoms with Gasteiger partial charge in [0.05, 0.1) is 0 Å². The molecule has 4 heteroatoms. The zero-order valence-electron chi connectivity index (χ0n) is 16.9. The highest BCUT2D eigenvalue weighted by Gasteiger charge is 2.23. The normalized spacial score (nSPS) is 11.0. The number of halogens is 3. The monoisotopic (exact) mass is 490 g/mol. The molecule has 5 rings (SSSR count). The molecule has 0 fully saturated rings. The summed E-state index contributed by atoms with van der Waals surface area (Å²) in [5.41, 5.74) is 6.93. The van der Waals surface area contributed by atoms with E-state index < -0.39 is 0 Å². The van der Waals surface area contributed by atoms with E-state index in [1.807, 2.05) is 42.5 Å². The second kappa shape index (κ2) is 9.13. The fourth-order valence-corrected chi connectivity index (χ4v) is 5.55.